The molecule has 13 heavy (non-hydrogen) atoms. The highest BCUT2D eigenvalue weighted by atomic mass is 35.5. The molecule has 74 valence electrons. The summed E-state index contributed by atoms with van der Waals surface area (Å²) < 4.78 is 30.2. The Hall–Kier alpha value is -0.410. The van der Waals surface area contributed by atoms with Gasteiger partial charge < -0.3 is 4.74 Å². The van der Waals surface area contributed by atoms with Gasteiger partial charge in [-0.25, -0.2) is 0 Å². The van der Waals surface area contributed by atoms with Gasteiger partial charge >= 0.3 is 6.11 Å². The maximum atomic E-state index is 12.8. The van der Waals surface area contributed by atoms with E-state index < -0.39 is 17.6 Å². The summed E-state index contributed by atoms with van der Waals surface area (Å²) in [7, 11) is 0. The molecule has 0 heterocycles. The molecule has 0 fully saturated rings. The van der Waals surface area contributed by atoms with Gasteiger partial charge in [-0.05, 0) is 13.3 Å². The number of ether oxygens (including phenoxy) is 1. The Morgan fingerprint density at radius 3 is 2.69 bits per heavy atom. The molecule has 0 saturated carbocycles. The van der Waals surface area contributed by atoms with Crippen LogP contribution >= 0.6 is 11.6 Å². The van der Waals surface area contributed by atoms with E-state index in [4.69, 9.17) is 11.6 Å². The maximum Gasteiger partial charge on any atom is 0.370 e. The molecule has 1 aliphatic rings. The van der Waals surface area contributed by atoms with Gasteiger partial charge in [0.05, 0.1) is 5.60 Å². The average molecular weight is 209 g/mol. The maximum absolute atomic E-state index is 12.8. The fourth-order valence-electron chi connectivity index (χ4n) is 1.15. The normalized spacial score (nSPS) is 28.0. The molecule has 1 nitrogen and oxygen atoms in total. The monoisotopic (exact) mass is 208 g/mol. The lowest BCUT2D eigenvalue weighted by atomic mass is 9.98. The zero-order valence-electron chi connectivity index (χ0n) is 7.27. The fraction of sp³-hybridized carbons (Fsp3) is 0.556. The molecule has 0 aromatic rings. The van der Waals surface area contributed by atoms with Crippen LogP contribution < -0.4 is 0 Å². The minimum atomic E-state index is -3.26. The lowest BCUT2D eigenvalue weighted by Crippen LogP contribution is -2.37. The predicted molar refractivity (Wildman–Crippen MR) is 48.1 cm³/mol. The molecular formula is C9H11ClF2O. The Morgan fingerprint density at radius 2 is 2.23 bits per heavy atom. The zero-order valence-corrected chi connectivity index (χ0v) is 8.02. The van der Waals surface area contributed by atoms with E-state index in [0.29, 0.717) is 6.42 Å². The van der Waals surface area contributed by atoms with Crippen molar-refractivity contribution in [3.63, 3.8) is 0 Å². The topological polar surface area (TPSA) is 9.23 Å². The Morgan fingerprint density at radius 1 is 1.54 bits per heavy atom. The molecule has 0 aromatic carbocycles. The minimum Gasteiger partial charge on any atom is -0.309 e. The first-order valence-electron chi connectivity index (χ1n) is 3.96. The van der Waals surface area contributed by atoms with E-state index in [2.05, 4.69) is 4.74 Å². The van der Waals surface area contributed by atoms with Crippen molar-refractivity contribution in [2.45, 2.75) is 25.1 Å². The number of hydrogen-bond donors (Lipinski definition) is 0. The molecule has 0 aliphatic heterocycles. The molecule has 4 heteroatoms. The standard InChI is InChI=1S/C9H11ClF2O/c1-8(5-3-2-4-6-8)13-9(11,12)7-10/h2-5H,6-7H2,1H3. The second-order valence-electron chi connectivity index (χ2n) is 3.18. The van der Waals surface area contributed by atoms with Gasteiger partial charge in [-0.15, -0.1) is 11.6 Å². The molecule has 0 saturated heterocycles. The minimum absolute atomic E-state index is 0.440. The quantitative estimate of drug-likeness (QED) is 0.648. The van der Waals surface area contributed by atoms with Crippen LogP contribution in [-0.4, -0.2) is 17.6 Å². The van der Waals surface area contributed by atoms with Crippen molar-refractivity contribution in [1.82, 2.24) is 0 Å². The van der Waals surface area contributed by atoms with E-state index in [1.165, 1.54) is 0 Å². The van der Waals surface area contributed by atoms with E-state index in [-0.39, 0.29) is 0 Å². The number of rotatable bonds is 3. The molecule has 1 atom stereocenters. The third-order valence-electron chi connectivity index (χ3n) is 1.76. The van der Waals surface area contributed by atoms with Crippen LogP contribution in [0.3, 0.4) is 0 Å². The number of alkyl halides is 3. The van der Waals surface area contributed by atoms with Gasteiger partial charge in [0.1, 0.15) is 5.88 Å². The highest BCUT2D eigenvalue weighted by molar-refractivity contribution is 6.18. The Labute approximate surface area is 81.0 Å². The number of hydrogen-bond acceptors (Lipinski definition) is 1. The summed E-state index contributed by atoms with van der Waals surface area (Å²) >= 11 is 5.06. The van der Waals surface area contributed by atoms with Crippen molar-refractivity contribution < 1.29 is 13.5 Å². The second kappa shape index (κ2) is 3.76. The van der Waals surface area contributed by atoms with Crippen molar-refractivity contribution in [2.75, 3.05) is 5.88 Å². The van der Waals surface area contributed by atoms with Gasteiger partial charge in [0.25, 0.3) is 0 Å². The van der Waals surface area contributed by atoms with Gasteiger partial charge in [0.2, 0.25) is 0 Å². The van der Waals surface area contributed by atoms with E-state index in [9.17, 15) is 8.78 Å². The highest BCUT2D eigenvalue weighted by Gasteiger charge is 2.37. The lowest BCUT2D eigenvalue weighted by molar-refractivity contribution is -0.264. The summed E-state index contributed by atoms with van der Waals surface area (Å²) in [5, 5.41) is 0. The van der Waals surface area contributed by atoms with Crippen LogP contribution in [0.2, 0.25) is 0 Å². The SMILES string of the molecule is CC1(OC(F)(F)CCl)C=CC=CC1. The van der Waals surface area contributed by atoms with Crippen molar-refractivity contribution in [1.29, 1.82) is 0 Å². The summed E-state index contributed by atoms with van der Waals surface area (Å²) in [6.07, 6.45) is 4.05. The van der Waals surface area contributed by atoms with Gasteiger partial charge in [-0.1, -0.05) is 24.3 Å². The first-order chi connectivity index (χ1) is 5.97. The molecule has 0 spiro atoms. The molecule has 0 N–H and O–H groups in total. The van der Waals surface area contributed by atoms with Gasteiger partial charge in [0.15, 0.2) is 0 Å². The predicted octanol–water partition coefficient (Wildman–Crippen LogP) is 3.11. The second-order valence-corrected chi connectivity index (χ2v) is 3.44. The van der Waals surface area contributed by atoms with Gasteiger partial charge in [0, 0.05) is 0 Å². The summed E-state index contributed by atoms with van der Waals surface area (Å²) in [6, 6.07) is 0. The van der Waals surface area contributed by atoms with E-state index in [1.807, 2.05) is 0 Å². The molecule has 1 aliphatic carbocycles. The summed E-state index contributed by atoms with van der Waals surface area (Å²) in [4.78, 5) is 0. The van der Waals surface area contributed by atoms with E-state index >= 15 is 0 Å². The van der Waals surface area contributed by atoms with Crippen LogP contribution in [0.4, 0.5) is 8.78 Å². The molecule has 0 bridgehead atoms. The molecule has 1 unspecified atom stereocenters. The molecule has 0 radical (unpaired) electrons. The smallest absolute Gasteiger partial charge is 0.309 e. The van der Waals surface area contributed by atoms with Crippen LogP contribution in [0.1, 0.15) is 13.3 Å². The van der Waals surface area contributed by atoms with Crippen LogP contribution in [0.5, 0.6) is 0 Å². The highest BCUT2D eigenvalue weighted by Crippen LogP contribution is 2.30. The Kier molecular flexibility index (Phi) is 3.09. The van der Waals surface area contributed by atoms with Crippen molar-refractivity contribution in [3.05, 3.63) is 24.3 Å². The largest absolute Gasteiger partial charge is 0.370 e. The number of halogens is 3. The van der Waals surface area contributed by atoms with E-state index in [0.717, 1.165) is 0 Å². The van der Waals surface area contributed by atoms with E-state index in [1.54, 1.807) is 31.2 Å². The third-order valence-corrected chi connectivity index (χ3v) is 2.07. The zero-order chi connectivity index (χ0) is 9.95. The lowest BCUT2D eigenvalue weighted by Gasteiger charge is -2.30. The summed E-state index contributed by atoms with van der Waals surface area (Å²) in [6.45, 7) is 1.60. The van der Waals surface area contributed by atoms with Crippen LogP contribution in [-0.2, 0) is 4.74 Å². The van der Waals surface area contributed by atoms with Crippen molar-refractivity contribution in [2.24, 2.45) is 0 Å². The average Bonchev–Trinajstić information content (AvgIpc) is 2.04. The molecule has 0 amide bonds. The number of allylic oxidation sites excluding steroid dienone is 2. The van der Waals surface area contributed by atoms with Crippen LogP contribution in [0, 0.1) is 0 Å². The first kappa shape index (κ1) is 10.7. The molecule has 0 aromatic heterocycles. The van der Waals surface area contributed by atoms with Gasteiger partial charge in [-0.2, -0.15) is 8.78 Å². The summed E-state index contributed by atoms with van der Waals surface area (Å²) in [5.74, 6) is -0.819. The first-order valence-corrected chi connectivity index (χ1v) is 4.49. The third kappa shape index (κ3) is 3.08. The molecule has 1 rings (SSSR count). The van der Waals surface area contributed by atoms with Crippen LogP contribution in [0.25, 0.3) is 0 Å². The fourth-order valence-corrected chi connectivity index (χ4v) is 1.21. The van der Waals surface area contributed by atoms with Crippen LogP contribution in [0.15, 0.2) is 24.3 Å². The summed E-state index contributed by atoms with van der Waals surface area (Å²) in [5.41, 5.74) is -0.937. The Bertz CT molecular complexity index is 238. The van der Waals surface area contributed by atoms with Crippen molar-refractivity contribution >= 4 is 11.6 Å². The van der Waals surface area contributed by atoms with Gasteiger partial charge in [-0.3, -0.25) is 0 Å². The van der Waals surface area contributed by atoms with Crippen molar-refractivity contribution in [3.8, 4) is 0 Å². The Balaban J connectivity index is 2.62. The molecular weight excluding hydrogens is 198 g/mol.